The largest absolute Gasteiger partial charge is 0.508 e. The average Bonchev–Trinajstić information content (AvgIpc) is 2.72. The van der Waals surface area contributed by atoms with E-state index < -0.39 is 53.1 Å². The van der Waals surface area contributed by atoms with Gasteiger partial charge in [0.15, 0.2) is 0 Å². The number of nitrogens with one attached hydrogen (secondary N) is 2. The molecule has 0 aliphatic heterocycles. The van der Waals surface area contributed by atoms with Gasteiger partial charge in [0.25, 0.3) is 0 Å². The molecule has 3 atom stereocenters. The van der Waals surface area contributed by atoms with Crippen LogP contribution in [0.2, 0.25) is 0 Å². The Morgan fingerprint density at radius 3 is 2.06 bits per heavy atom. The number of phenols is 1. The van der Waals surface area contributed by atoms with Crippen LogP contribution in [0.5, 0.6) is 5.75 Å². The first-order chi connectivity index (χ1) is 16.4. The fourth-order valence-corrected chi connectivity index (χ4v) is 3.50. The molecule has 202 valence electrons. The quantitative estimate of drug-likeness (QED) is 0.383. The van der Waals surface area contributed by atoms with Crippen LogP contribution in [-0.2, 0) is 19.1 Å². The molecule has 1 rings (SSSR count). The van der Waals surface area contributed by atoms with E-state index in [1.807, 2.05) is 27.7 Å². The van der Waals surface area contributed by atoms with Gasteiger partial charge in [-0.25, -0.2) is 4.79 Å². The third-order valence-corrected chi connectivity index (χ3v) is 5.22. The van der Waals surface area contributed by atoms with Gasteiger partial charge in [-0.05, 0) is 79.0 Å². The average molecular weight is 507 g/mol. The molecule has 3 unspecified atom stereocenters. The number of rotatable bonds is 10. The second-order valence-electron chi connectivity index (χ2n) is 10.9. The number of benzene rings is 1. The van der Waals surface area contributed by atoms with E-state index in [9.17, 15) is 24.3 Å². The lowest BCUT2D eigenvalue weighted by atomic mass is 9.97. The summed E-state index contributed by atoms with van der Waals surface area (Å²) >= 11 is 0. The van der Waals surface area contributed by atoms with Gasteiger partial charge in [-0.3, -0.25) is 14.4 Å². The molecule has 10 nitrogen and oxygen atoms in total. The Labute approximate surface area is 213 Å². The van der Waals surface area contributed by atoms with Gasteiger partial charge in [-0.15, -0.1) is 0 Å². The van der Waals surface area contributed by atoms with Gasteiger partial charge < -0.3 is 31.1 Å². The molecule has 1 aromatic rings. The maximum absolute atomic E-state index is 14.0. The number of carbonyl (C=O) groups excluding carboxylic acids is 4. The highest BCUT2D eigenvalue weighted by atomic mass is 16.6. The summed E-state index contributed by atoms with van der Waals surface area (Å²) < 4.78 is 5.32. The normalized spacial score (nSPS) is 14.2. The Balaban J connectivity index is 3.55. The lowest BCUT2D eigenvalue weighted by molar-refractivity contribution is -0.146. The van der Waals surface area contributed by atoms with E-state index >= 15 is 0 Å². The minimum atomic E-state index is -1.16. The molecule has 0 saturated heterocycles. The molecule has 4 amide bonds. The number of hydrogen-bond donors (Lipinski definition) is 4. The predicted octanol–water partition coefficient (Wildman–Crippen LogP) is 3.13. The zero-order valence-electron chi connectivity index (χ0n) is 22.7. The molecule has 36 heavy (non-hydrogen) atoms. The number of alkyl carbamates (subject to hydrolysis) is 1. The summed E-state index contributed by atoms with van der Waals surface area (Å²) in [5.74, 6) is -1.60. The Morgan fingerprint density at radius 2 is 1.61 bits per heavy atom. The van der Waals surface area contributed by atoms with E-state index in [1.165, 1.54) is 17.0 Å². The van der Waals surface area contributed by atoms with Gasteiger partial charge >= 0.3 is 6.09 Å². The van der Waals surface area contributed by atoms with Crippen LogP contribution in [-0.4, -0.2) is 57.0 Å². The number of ether oxygens (including phenoxy) is 1. The molecular weight excluding hydrogens is 464 g/mol. The number of hydrogen-bond acceptors (Lipinski definition) is 6. The van der Waals surface area contributed by atoms with Crippen LogP contribution in [0, 0.1) is 0 Å². The van der Waals surface area contributed by atoms with Crippen LogP contribution < -0.4 is 16.4 Å². The van der Waals surface area contributed by atoms with E-state index in [0.717, 1.165) is 0 Å². The molecule has 10 heteroatoms. The number of primary amides is 1. The molecule has 0 aliphatic carbocycles. The zero-order valence-corrected chi connectivity index (χ0v) is 22.7. The van der Waals surface area contributed by atoms with Gasteiger partial charge in [-0.2, -0.15) is 0 Å². The molecule has 0 radical (unpaired) electrons. The third-order valence-electron chi connectivity index (χ3n) is 5.22. The van der Waals surface area contributed by atoms with E-state index in [-0.39, 0.29) is 18.6 Å². The van der Waals surface area contributed by atoms with Crippen molar-refractivity contribution in [3.8, 4) is 5.75 Å². The summed E-state index contributed by atoms with van der Waals surface area (Å²) in [5.41, 5.74) is 4.41. The first kappa shape index (κ1) is 30.7. The van der Waals surface area contributed by atoms with Gasteiger partial charge in [0.2, 0.25) is 17.7 Å². The molecule has 0 aliphatic rings. The van der Waals surface area contributed by atoms with Gasteiger partial charge in [0.1, 0.15) is 23.4 Å². The van der Waals surface area contributed by atoms with Crippen LogP contribution in [0.3, 0.4) is 0 Å². The van der Waals surface area contributed by atoms with E-state index in [0.29, 0.717) is 12.0 Å². The Hall–Kier alpha value is -3.30. The summed E-state index contributed by atoms with van der Waals surface area (Å²) in [4.78, 5) is 53.0. The van der Waals surface area contributed by atoms with Gasteiger partial charge in [0.05, 0.1) is 0 Å². The number of phenolic OH excluding ortho intramolecular Hbond substituents is 1. The molecule has 1 aromatic carbocycles. The van der Waals surface area contributed by atoms with Crippen LogP contribution in [0.25, 0.3) is 0 Å². The maximum Gasteiger partial charge on any atom is 0.408 e. The van der Waals surface area contributed by atoms with Crippen LogP contribution >= 0.6 is 0 Å². The SMILES string of the molecule is CCC(C)N(C(=O)C(CCC(N)=O)NC(=O)OC(C)(C)C)C(C(=O)NC(C)(C)C)c1ccc(O)cc1. The number of nitrogens with two attached hydrogens (primary N) is 1. The topological polar surface area (TPSA) is 151 Å². The van der Waals surface area contributed by atoms with Crippen molar-refractivity contribution in [2.45, 2.75) is 104 Å². The van der Waals surface area contributed by atoms with Crippen molar-refractivity contribution in [3.63, 3.8) is 0 Å². The number of aromatic hydroxyl groups is 1. The Bertz CT molecular complexity index is 918. The zero-order chi connectivity index (χ0) is 27.8. The van der Waals surface area contributed by atoms with Crippen molar-refractivity contribution in [1.29, 1.82) is 0 Å². The fourth-order valence-electron chi connectivity index (χ4n) is 3.50. The van der Waals surface area contributed by atoms with Crippen LogP contribution in [0.15, 0.2) is 24.3 Å². The number of carbonyl (C=O) groups is 4. The summed E-state index contributed by atoms with van der Waals surface area (Å²) in [5, 5.41) is 15.3. The molecular formula is C26H42N4O6. The maximum atomic E-state index is 14.0. The van der Waals surface area contributed by atoms with Crippen molar-refractivity contribution in [3.05, 3.63) is 29.8 Å². The van der Waals surface area contributed by atoms with Crippen LogP contribution in [0.4, 0.5) is 4.79 Å². The standard InChI is InChI=1S/C26H42N4O6/c1-9-16(2)30(21(22(33)29-25(3,4)5)17-10-12-18(31)13-11-17)23(34)19(14-15-20(27)32)28-24(35)36-26(6,7)8/h10-13,16,19,21,31H,9,14-15H2,1-8H3,(H2,27,32)(H,28,35)(H,29,33). The van der Waals surface area contributed by atoms with Gasteiger partial charge in [0, 0.05) is 18.0 Å². The summed E-state index contributed by atoms with van der Waals surface area (Å²) in [7, 11) is 0. The van der Waals surface area contributed by atoms with E-state index in [4.69, 9.17) is 10.5 Å². The molecule has 0 aromatic heterocycles. The first-order valence-electron chi connectivity index (χ1n) is 12.2. The van der Waals surface area contributed by atoms with Crippen molar-refractivity contribution in [1.82, 2.24) is 15.5 Å². The minimum absolute atomic E-state index is 0.0149. The fraction of sp³-hybridized carbons (Fsp3) is 0.615. The minimum Gasteiger partial charge on any atom is -0.508 e. The highest BCUT2D eigenvalue weighted by molar-refractivity contribution is 5.93. The molecule has 0 fully saturated rings. The number of amides is 4. The number of nitrogens with zero attached hydrogens (tertiary/aromatic N) is 1. The van der Waals surface area contributed by atoms with Crippen molar-refractivity contribution < 1.29 is 29.0 Å². The highest BCUT2D eigenvalue weighted by Crippen LogP contribution is 2.28. The highest BCUT2D eigenvalue weighted by Gasteiger charge is 2.39. The van der Waals surface area contributed by atoms with Crippen molar-refractivity contribution in [2.24, 2.45) is 5.73 Å². The lowest BCUT2D eigenvalue weighted by Crippen LogP contribution is -2.57. The van der Waals surface area contributed by atoms with E-state index in [2.05, 4.69) is 10.6 Å². The predicted molar refractivity (Wildman–Crippen MR) is 137 cm³/mol. The van der Waals surface area contributed by atoms with E-state index in [1.54, 1.807) is 39.8 Å². The molecule has 5 N–H and O–H groups in total. The molecule has 0 bridgehead atoms. The second-order valence-corrected chi connectivity index (χ2v) is 10.9. The summed E-state index contributed by atoms with van der Waals surface area (Å²) in [6, 6.07) is 3.38. The van der Waals surface area contributed by atoms with Gasteiger partial charge in [-0.1, -0.05) is 19.1 Å². The smallest absolute Gasteiger partial charge is 0.408 e. The summed E-state index contributed by atoms with van der Waals surface area (Å²) in [6.07, 6.45) is -0.532. The summed E-state index contributed by atoms with van der Waals surface area (Å²) in [6.45, 7) is 14.2. The van der Waals surface area contributed by atoms with Crippen molar-refractivity contribution in [2.75, 3.05) is 0 Å². The molecule has 0 saturated carbocycles. The second kappa shape index (κ2) is 12.6. The third kappa shape index (κ3) is 10.1. The van der Waals surface area contributed by atoms with Crippen LogP contribution in [0.1, 0.15) is 86.3 Å². The lowest BCUT2D eigenvalue weighted by Gasteiger charge is -2.39. The van der Waals surface area contributed by atoms with Crippen molar-refractivity contribution >= 4 is 23.8 Å². The Morgan fingerprint density at radius 1 is 1.06 bits per heavy atom. The monoisotopic (exact) mass is 506 g/mol. The molecule has 0 heterocycles. The Kier molecular flexibility index (Phi) is 10.8. The molecule has 0 spiro atoms. The first-order valence-corrected chi connectivity index (χ1v) is 12.2.